The molecule has 106 valence electrons. The summed E-state index contributed by atoms with van der Waals surface area (Å²) in [5, 5.41) is 10.2. The van der Waals surface area contributed by atoms with Gasteiger partial charge in [0, 0.05) is 12.7 Å². The van der Waals surface area contributed by atoms with Gasteiger partial charge in [0.05, 0.1) is 12.4 Å². The second-order valence-electron chi connectivity index (χ2n) is 3.88. The molecule has 0 saturated heterocycles. The molecule has 0 saturated carbocycles. The van der Waals surface area contributed by atoms with Gasteiger partial charge >= 0.3 is 0 Å². The fourth-order valence-electron chi connectivity index (χ4n) is 1.37. The topological polar surface area (TPSA) is 110 Å². The number of rotatable bonds is 6. The fraction of sp³-hybridized carbons (Fsp3) is 0.273. The van der Waals surface area contributed by atoms with E-state index in [-0.39, 0.29) is 10.8 Å². The second-order valence-corrected chi connectivity index (χ2v) is 5.56. The van der Waals surface area contributed by atoms with Gasteiger partial charge in [0.15, 0.2) is 0 Å². The number of sulfonamides is 1. The van der Waals surface area contributed by atoms with Crippen LogP contribution in [0.15, 0.2) is 35.6 Å². The zero-order chi connectivity index (χ0) is 14.4. The molecule has 8 nitrogen and oxygen atoms in total. The van der Waals surface area contributed by atoms with Crippen LogP contribution < -0.4 is 10.0 Å². The molecule has 2 heterocycles. The van der Waals surface area contributed by atoms with E-state index in [1.54, 1.807) is 6.07 Å². The maximum absolute atomic E-state index is 12.0. The number of pyridine rings is 1. The first-order valence-corrected chi connectivity index (χ1v) is 7.46. The SMILES string of the molecule is CCCNc1ccc(S(=O)(=O)Nc2nccnn2)cn1. The van der Waals surface area contributed by atoms with Gasteiger partial charge < -0.3 is 5.32 Å². The number of nitrogens with zero attached hydrogens (tertiary/aromatic N) is 4. The molecule has 20 heavy (non-hydrogen) atoms. The molecule has 0 radical (unpaired) electrons. The third kappa shape index (κ3) is 3.60. The minimum Gasteiger partial charge on any atom is -0.370 e. The number of hydrogen-bond acceptors (Lipinski definition) is 7. The molecule has 0 unspecified atom stereocenters. The molecule has 2 rings (SSSR count). The molecule has 0 fully saturated rings. The highest BCUT2D eigenvalue weighted by Crippen LogP contribution is 2.13. The first-order chi connectivity index (χ1) is 9.62. The molecular weight excluding hydrogens is 280 g/mol. The van der Waals surface area contributed by atoms with Crippen molar-refractivity contribution in [3.8, 4) is 0 Å². The van der Waals surface area contributed by atoms with Gasteiger partial charge in [0.2, 0.25) is 0 Å². The second kappa shape index (κ2) is 6.24. The van der Waals surface area contributed by atoms with Gasteiger partial charge in [-0.3, -0.25) is 0 Å². The molecule has 2 aromatic rings. The monoisotopic (exact) mass is 294 g/mol. The Kier molecular flexibility index (Phi) is 4.41. The average molecular weight is 294 g/mol. The van der Waals surface area contributed by atoms with E-state index in [1.807, 2.05) is 6.92 Å². The summed E-state index contributed by atoms with van der Waals surface area (Å²) in [6.07, 6.45) is 4.94. The summed E-state index contributed by atoms with van der Waals surface area (Å²) in [6.45, 7) is 2.81. The van der Waals surface area contributed by atoms with Crippen molar-refractivity contribution in [2.45, 2.75) is 18.2 Å². The van der Waals surface area contributed by atoms with E-state index in [0.717, 1.165) is 13.0 Å². The predicted molar refractivity (Wildman–Crippen MR) is 73.7 cm³/mol. The number of aromatic nitrogens is 4. The third-order valence-electron chi connectivity index (χ3n) is 2.31. The normalized spacial score (nSPS) is 11.1. The van der Waals surface area contributed by atoms with Crippen molar-refractivity contribution in [3.63, 3.8) is 0 Å². The first-order valence-electron chi connectivity index (χ1n) is 5.98. The lowest BCUT2D eigenvalue weighted by Crippen LogP contribution is -2.15. The summed E-state index contributed by atoms with van der Waals surface area (Å²) in [7, 11) is -3.76. The van der Waals surface area contributed by atoms with Crippen LogP contribution in [0.25, 0.3) is 0 Å². The zero-order valence-electron chi connectivity index (χ0n) is 10.8. The lowest BCUT2D eigenvalue weighted by molar-refractivity contribution is 0.600. The first kappa shape index (κ1) is 14.1. The Bertz CT molecular complexity index is 644. The highest BCUT2D eigenvalue weighted by atomic mass is 32.2. The van der Waals surface area contributed by atoms with Crippen molar-refractivity contribution >= 4 is 21.8 Å². The predicted octanol–water partition coefficient (Wildman–Crippen LogP) is 0.889. The molecule has 0 spiro atoms. The summed E-state index contributed by atoms with van der Waals surface area (Å²) >= 11 is 0. The van der Waals surface area contributed by atoms with E-state index in [2.05, 4.69) is 30.2 Å². The van der Waals surface area contributed by atoms with Crippen molar-refractivity contribution in [1.82, 2.24) is 20.2 Å². The van der Waals surface area contributed by atoms with Gasteiger partial charge in [0.25, 0.3) is 16.0 Å². The summed E-state index contributed by atoms with van der Waals surface area (Å²) in [5.74, 6) is 0.545. The highest BCUT2D eigenvalue weighted by Gasteiger charge is 2.16. The number of hydrogen-bond donors (Lipinski definition) is 2. The van der Waals surface area contributed by atoms with Crippen LogP contribution in [-0.2, 0) is 10.0 Å². The minimum absolute atomic E-state index is 0.0343. The Balaban J connectivity index is 2.13. The molecule has 0 aromatic carbocycles. The Morgan fingerprint density at radius 2 is 2.05 bits per heavy atom. The maximum atomic E-state index is 12.0. The molecule has 2 aromatic heterocycles. The van der Waals surface area contributed by atoms with Crippen molar-refractivity contribution in [2.75, 3.05) is 16.6 Å². The van der Waals surface area contributed by atoms with Crippen molar-refractivity contribution < 1.29 is 8.42 Å². The maximum Gasteiger partial charge on any atom is 0.265 e. The average Bonchev–Trinajstić information content (AvgIpc) is 2.46. The standard InChI is InChI=1S/C11H14N6O2S/c1-2-5-12-10-4-3-9(8-14-10)20(18,19)17-11-13-6-7-15-16-11/h3-4,6-8H,2,5H2,1H3,(H,12,14)(H,13,16,17). The highest BCUT2D eigenvalue weighted by molar-refractivity contribution is 7.92. The lowest BCUT2D eigenvalue weighted by atomic mass is 10.4. The summed E-state index contributed by atoms with van der Waals surface area (Å²) < 4.78 is 26.3. The van der Waals surface area contributed by atoms with Crippen LogP contribution in [0.1, 0.15) is 13.3 Å². The van der Waals surface area contributed by atoms with Crippen LogP contribution in [0.4, 0.5) is 11.8 Å². The van der Waals surface area contributed by atoms with E-state index >= 15 is 0 Å². The molecule has 0 aliphatic rings. The summed E-state index contributed by atoms with van der Waals surface area (Å²) in [4.78, 5) is 7.82. The lowest BCUT2D eigenvalue weighted by Gasteiger charge is -2.07. The van der Waals surface area contributed by atoms with E-state index in [1.165, 1.54) is 24.7 Å². The van der Waals surface area contributed by atoms with Gasteiger partial charge in [-0.05, 0) is 18.6 Å². The van der Waals surface area contributed by atoms with Crippen molar-refractivity contribution in [3.05, 3.63) is 30.7 Å². The Labute approximate surface area is 116 Å². The van der Waals surface area contributed by atoms with Crippen LogP contribution in [0, 0.1) is 0 Å². The smallest absolute Gasteiger partial charge is 0.265 e. The molecule has 0 amide bonds. The van der Waals surface area contributed by atoms with Crippen LogP contribution >= 0.6 is 0 Å². The van der Waals surface area contributed by atoms with Crippen molar-refractivity contribution in [1.29, 1.82) is 0 Å². The Morgan fingerprint density at radius 3 is 2.65 bits per heavy atom. The van der Waals surface area contributed by atoms with Crippen LogP contribution in [0.5, 0.6) is 0 Å². The number of anilines is 2. The summed E-state index contributed by atoms with van der Waals surface area (Å²) in [6, 6.07) is 3.07. The fourth-order valence-corrected chi connectivity index (χ4v) is 2.26. The van der Waals surface area contributed by atoms with Gasteiger partial charge in [-0.25, -0.2) is 23.1 Å². The van der Waals surface area contributed by atoms with E-state index in [4.69, 9.17) is 0 Å². The van der Waals surface area contributed by atoms with Gasteiger partial charge in [0.1, 0.15) is 10.7 Å². The molecule has 0 aliphatic carbocycles. The molecule has 0 atom stereocenters. The van der Waals surface area contributed by atoms with E-state index in [9.17, 15) is 8.42 Å². The molecule has 9 heteroatoms. The quantitative estimate of drug-likeness (QED) is 0.814. The molecular formula is C11H14N6O2S. The van der Waals surface area contributed by atoms with Crippen LogP contribution in [0.3, 0.4) is 0 Å². The number of nitrogens with one attached hydrogen (secondary N) is 2. The van der Waals surface area contributed by atoms with E-state index < -0.39 is 10.0 Å². The third-order valence-corrected chi connectivity index (χ3v) is 3.62. The van der Waals surface area contributed by atoms with Gasteiger partial charge in [-0.2, -0.15) is 5.10 Å². The minimum atomic E-state index is -3.76. The Hall–Kier alpha value is -2.29. The van der Waals surface area contributed by atoms with Crippen LogP contribution in [-0.4, -0.2) is 35.1 Å². The largest absolute Gasteiger partial charge is 0.370 e. The summed E-state index contributed by atoms with van der Waals surface area (Å²) in [5.41, 5.74) is 0. The van der Waals surface area contributed by atoms with Crippen LogP contribution in [0.2, 0.25) is 0 Å². The zero-order valence-corrected chi connectivity index (χ0v) is 11.6. The van der Waals surface area contributed by atoms with Gasteiger partial charge in [-0.15, -0.1) is 5.10 Å². The Morgan fingerprint density at radius 1 is 1.20 bits per heavy atom. The van der Waals surface area contributed by atoms with E-state index in [0.29, 0.717) is 5.82 Å². The molecule has 0 aliphatic heterocycles. The van der Waals surface area contributed by atoms with Gasteiger partial charge in [-0.1, -0.05) is 6.92 Å². The molecule has 2 N–H and O–H groups in total. The van der Waals surface area contributed by atoms with Crippen molar-refractivity contribution in [2.24, 2.45) is 0 Å². The molecule has 0 bridgehead atoms.